The highest BCUT2D eigenvalue weighted by Crippen LogP contribution is 2.42. The Kier molecular flexibility index (Phi) is 7.71. The highest BCUT2D eigenvalue weighted by molar-refractivity contribution is 6.42. The minimum atomic E-state index is -0.295. The third-order valence-electron chi connectivity index (χ3n) is 7.77. The molecule has 0 aliphatic carbocycles. The summed E-state index contributed by atoms with van der Waals surface area (Å²) in [5.41, 5.74) is 7.23. The molecule has 0 saturated carbocycles. The van der Waals surface area contributed by atoms with Crippen LogP contribution in [0.15, 0.2) is 109 Å². The van der Waals surface area contributed by atoms with Crippen LogP contribution in [0.2, 0.25) is 10.0 Å². The number of para-hydroxylation sites is 1. The van der Waals surface area contributed by atoms with Gasteiger partial charge in [0.05, 0.1) is 15.7 Å². The first-order chi connectivity index (χ1) is 20.3. The Hall–Kier alpha value is -4.20. The van der Waals surface area contributed by atoms with E-state index >= 15 is 0 Å². The Morgan fingerprint density at radius 2 is 1.64 bits per heavy atom. The van der Waals surface area contributed by atoms with Gasteiger partial charge in [0.25, 0.3) is 0 Å². The summed E-state index contributed by atoms with van der Waals surface area (Å²) in [5, 5.41) is 12.9. The predicted molar refractivity (Wildman–Crippen MR) is 172 cm³/mol. The van der Waals surface area contributed by atoms with E-state index in [2.05, 4.69) is 40.5 Å². The van der Waals surface area contributed by atoms with Crippen molar-refractivity contribution in [1.29, 1.82) is 0 Å². The summed E-state index contributed by atoms with van der Waals surface area (Å²) in [6, 6.07) is 24.0. The van der Waals surface area contributed by atoms with Gasteiger partial charge in [-0.05, 0) is 61.0 Å². The van der Waals surface area contributed by atoms with Crippen LogP contribution in [0.5, 0.6) is 0 Å². The number of benzene rings is 3. The fourth-order valence-corrected chi connectivity index (χ4v) is 5.91. The number of hydrogen-bond donors (Lipinski definition) is 2. The minimum absolute atomic E-state index is 0.230. The van der Waals surface area contributed by atoms with Crippen molar-refractivity contribution < 1.29 is 4.39 Å². The summed E-state index contributed by atoms with van der Waals surface area (Å²) in [7, 11) is 0. The van der Waals surface area contributed by atoms with Crippen molar-refractivity contribution in [3.8, 4) is 0 Å². The monoisotopic (exact) mass is 600 g/mol. The first kappa shape index (κ1) is 27.9. The molecular formula is C33H31Cl2FN6. The fourth-order valence-electron chi connectivity index (χ4n) is 5.60. The number of allylic oxidation sites excluding steroid dienone is 2. The molecule has 1 aromatic heterocycles. The lowest BCUT2D eigenvalue weighted by Gasteiger charge is -2.41. The zero-order chi connectivity index (χ0) is 29.4. The van der Waals surface area contributed by atoms with Crippen LogP contribution >= 0.6 is 23.2 Å². The van der Waals surface area contributed by atoms with Crippen molar-refractivity contribution in [2.45, 2.75) is 13.0 Å². The largest absolute Gasteiger partial charge is 0.368 e. The number of hydrogen-bond acceptors (Lipinski definition) is 5. The zero-order valence-corrected chi connectivity index (χ0v) is 24.8. The van der Waals surface area contributed by atoms with Crippen LogP contribution in [0.3, 0.4) is 0 Å². The van der Waals surface area contributed by atoms with Crippen LogP contribution in [0.25, 0.3) is 5.70 Å². The summed E-state index contributed by atoms with van der Waals surface area (Å²) in [6.07, 6.45) is 0. The van der Waals surface area contributed by atoms with E-state index in [9.17, 15) is 4.39 Å². The number of nitrogens with one attached hydrogen (secondary N) is 2. The maximum atomic E-state index is 13.5. The lowest BCUT2D eigenvalue weighted by Crippen LogP contribution is -2.46. The van der Waals surface area contributed by atoms with Gasteiger partial charge in [0.15, 0.2) is 0 Å². The van der Waals surface area contributed by atoms with Crippen molar-refractivity contribution in [2.24, 2.45) is 0 Å². The molecule has 1 saturated heterocycles. The molecule has 2 aliphatic rings. The van der Waals surface area contributed by atoms with Gasteiger partial charge in [-0.25, -0.2) is 9.07 Å². The van der Waals surface area contributed by atoms with Crippen LogP contribution < -0.4 is 15.5 Å². The standard InChI is InChI=1S/C33H31Cl2FN6/c1-21(37-26-7-5-4-6-8-26)30-20-31-38-22(2)32(33(42(31)39-30)24-9-14-28(34)29(35)19-24)23(3)40-15-17-41(18-16-40)27-12-10-25(36)11-13-27/h4-14,19-20,33,37-38H,1,3,15-18H2,2H3. The molecule has 1 fully saturated rings. The topological polar surface area (TPSA) is 48.4 Å². The van der Waals surface area contributed by atoms with Gasteiger partial charge in [0.2, 0.25) is 0 Å². The second kappa shape index (κ2) is 11.6. The lowest BCUT2D eigenvalue weighted by molar-refractivity contribution is 0.321. The van der Waals surface area contributed by atoms with Crippen molar-refractivity contribution in [2.75, 3.05) is 41.7 Å². The number of fused-ring (bicyclic) bond motifs is 1. The molecule has 1 unspecified atom stereocenters. The second-order valence-corrected chi connectivity index (χ2v) is 11.3. The van der Waals surface area contributed by atoms with Gasteiger partial charge in [0, 0.05) is 60.6 Å². The van der Waals surface area contributed by atoms with Gasteiger partial charge < -0.3 is 20.4 Å². The molecule has 9 heteroatoms. The summed E-state index contributed by atoms with van der Waals surface area (Å²) < 4.78 is 15.4. The molecule has 4 aromatic rings. The van der Waals surface area contributed by atoms with E-state index in [4.69, 9.17) is 28.3 Å². The van der Waals surface area contributed by atoms with E-state index in [-0.39, 0.29) is 11.9 Å². The average Bonchev–Trinajstić information content (AvgIpc) is 3.42. The van der Waals surface area contributed by atoms with Crippen LogP contribution in [0, 0.1) is 5.82 Å². The Labute approximate surface area is 255 Å². The molecular weight excluding hydrogens is 570 g/mol. The van der Waals surface area contributed by atoms with Gasteiger partial charge in [0.1, 0.15) is 23.4 Å². The predicted octanol–water partition coefficient (Wildman–Crippen LogP) is 8.04. The fraction of sp³-hybridized carbons (Fsp3) is 0.182. The maximum Gasteiger partial charge on any atom is 0.130 e. The van der Waals surface area contributed by atoms with Crippen molar-refractivity contribution in [3.05, 3.63) is 136 Å². The van der Waals surface area contributed by atoms with Crippen molar-refractivity contribution in [1.82, 2.24) is 14.7 Å². The molecule has 6 rings (SSSR count). The third-order valence-corrected chi connectivity index (χ3v) is 8.51. The average molecular weight is 602 g/mol. The first-order valence-electron chi connectivity index (χ1n) is 13.8. The van der Waals surface area contributed by atoms with E-state index in [0.717, 1.165) is 71.6 Å². The molecule has 2 aliphatic heterocycles. The Bertz CT molecular complexity index is 1670. The Morgan fingerprint density at radius 3 is 2.33 bits per heavy atom. The molecule has 0 bridgehead atoms. The van der Waals surface area contributed by atoms with Crippen LogP contribution in [-0.4, -0.2) is 40.9 Å². The Morgan fingerprint density at radius 1 is 0.929 bits per heavy atom. The number of rotatable bonds is 7. The number of piperazine rings is 1. The zero-order valence-electron chi connectivity index (χ0n) is 23.2. The number of nitrogens with zero attached hydrogens (tertiary/aromatic N) is 4. The van der Waals surface area contributed by atoms with E-state index in [0.29, 0.717) is 15.7 Å². The van der Waals surface area contributed by atoms with Crippen LogP contribution in [-0.2, 0) is 0 Å². The quantitative estimate of drug-likeness (QED) is 0.225. The van der Waals surface area contributed by atoms with Gasteiger partial charge >= 0.3 is 0 Å². The molecule has 6 nitrogen and oxygen atoms in total. The highest BCUT2D eigenvalue weighted by atomic mass is 35.5. The lowest BCUT2D eigenvalue weighted by atomic mass is 9.92. The van der Waals surface area contributed by atoms with Crippen molar-refractivity contribution >= 4 is 46.1 Å². The second-order valence-electron chi connectivity index (χ2n) is 10.5. The van der Waals surface area contributed by atoms with Gasteiger partial charge in [-0.3, -0.25) is 0 Å². The third kappa shape index (κ3) is 5.50. The molecule has 0 radical (unpaired) electrons. The molecule has 214 valence electrons. The van der Waals surface area contributed by atoms with Crippen LogP contribution in [0.1, 0.15) is 24.2 Å². The highest BCUT2D eigenvalue weighted by Gasteiger charge is 2.34. The Balaban J connectivity index is 1.30. The SMILES string of the molecule is C=C(Nc1ccccc1)c1cc2n(n1)C(c1ccc(Cl)c(Cl)c1)C(C(=C)N1CCN(c3ccc(F)cc3)CC1)=C(C)N2. The molecule has 3 heterocycles. The number of halogens is 3. The normalized spacial score (nSPS) is 16.6. The van der Waals surface area contributed by atoms with E-state index in [1.54, 1.807) is 0 Å². The van der Waals surface area contributed by atoms with E-state index in [1.807, 2.05) is 71.4 Å². The molecule has 0 amide bonds. The smallest absolute Gasteiger partial charge is 0.130 e. The van der Waals surface area contributed by atoms with Crippen molar-refractivity contribution in [3.63, 3.8) is 0 Å². The molecule has 42 heavy (non-hydrogen) atoms. The maximum absolute atomic E-state index is 13.5. The summed E-state index contributed by atoms with van der Waals surface area (Å²) in [6.45, 7) is 14.0. The summed E-state index contributed by atoms with van der Waals surface area (Å²) in [4.78, 5) is 4.57. The number of anilines is 3. The van der Waals surface area contributed by atoms with E-state index in [1.165, 1.54) is 12.1 Å². The van der Waals surface area contributed by atoms with E-state index < -0.39 is 0 Å². The van der Waals surface area contributed by atoms with Gasteiger partial charge in [-0.1, -0.05) is 60.6 Å². The van der Waals surface area contributed by atoms with Crippen LogP contribution in [0.4, 0.5) is 21.6 Å². The molecule has 2 N–H and O–H groups in total. The molecule has 3 aromatic carbocycles. The number of aromatic nitrogens is 2. The molecule has 1 atom stereocenters. The summed E-state index contributed by atoms with van der Waals surface area (Å²) in [5.74, 6) is 0.610. The van der Waals surface area contributed by atoms with Gasteiger partial charge in [-0.2, -0.15) is 5.10 Å². The minimum Gasteiger partial charge on any atom is -0.368 e. The summed E-state index contributed by atoms with van der Waals surface area (Å²) >= 11 is 12.8. The molecule has 0 spiro atoms. The first-order valence-corrected chi connectivity index (χ1v) is 14.5. The van der Waals surface area contributed by atoms with Gasteiger partial charge in [-0.15, -0.1) is 0 Å².